The average molecular weight is 391 g/mol. The number of likely N-dealkylation sites (N-methyl/N-ethyl adjacent to an activating group) is 1. The van der Waals surface area contributed by atoms with Crippen LogP contribution in [0.5, 0.6) is 0 Å². The molecule has 3 rings (SSSR count). The predicted octanol–water partition coefficient (Wildman–Crippen LogP) is 1.57. The SMILES string of the molecule is CN/C=C(\C=N)c1ccc(N)c(C(=N)c2ccnc(N3CCN(C)C(=O)C3)c2)c1. The van der Waals surface area contributed by atoms with Gasteiger partial charge in [-0.25, -0.2) is 4.98 Å². The van der Waals surface area contributed by atoms with Crippen LogP contribution in [0.25, 0.3) is 5.57 Å². The number of carbonyl (C=O) groups is 1. The van der Waals surface area contributed by atoms with Gasteiger partial charge in [-0.2, -0.15) is 0 Å². The zero-order valence-electron chi connectivity index (χ0n) is 16.6. The molecule has 1 fully saturated rings. The summed E-state index contributed by atoms with van der Waals surface area (Å²) >= 11 is 0. The standard InChI is InChI=1S/C21H25N7O/c1-25-12-16(11-22)14-3-4-18(23)17(9-14)21(24)15-5-6-26-19(10-15)28-8-7-27(2)20(29)13-28/h3-6,9-12,22,24-25H,7-8,13,23H2,1-2H3/b16-12+,22-11?,24-21?. The van der Waals surface area contributed by atoms with Crippen molar-refractivity contribution in [1.29, 1.82) is 10.8 Å². The molecule has 0 saturated carbocycles. The summed E-state index contributed by atoms with van der Waals surface area (Å²) in [4.78, 5) is 20.0. The first-order valence-electron chi connectivity index (χ1n) is 9.26. The van der Waals surface area contributed by atoms with E-state index in [1.54, 1.807) is 43.5 Å². The third-order valence-corrected chi connectivity index (χ3v) is 4.93. The number of aromatic nitrogens is 1. The summed E-state index contributed by atoms with van der Waals surface area (Å²) in [5, 5.41) is 19.2. The lowest BCUT2D eigenvalue weighted by Crippen LogP contribution is -2.48. The Labute approximate surface area is 170 Å². The average Bonchev–Trinajstić information content (AvgIpc) is 2.74. The fourth-order valence-electron chi connectivity index (χ4n) is 3.17. The second-order valence-electron chi connectivity index (χ2n) is 6.85. The molecule has 1 saturated heterocycles. The van der Waals surface area contributed by atoms with Gasteiger partial charge >= 0.3 is 0 Å². The van der Waals surface area contributed by atoms with E-state index in [9.17, 15) is 4.79 Å². The van der Waals surface area contributed by atoms with Crippen LogP contribution >= 0.6 is 0 Å². The van der Waals surface area contributed by atoms with Crippen LogP contribution in [0, 0.1) is 10.8 Å². The quantitative estimate of drug-likeness (QED) is 0.440. The highest BCUT2D eigenvalue weighted by Gasteiger charge is 2.22. The van der Waals surface area contributed by atoms with E-state index in [0.717, 1.165) is 5.56 Å². The maximum absolute atomic E-state index is 12.0. The molecular weight excluding hydrogens is 366 g/mol. The summed E-state index contributed by atoms with van der Waals surface area (Å²) in [5.74, 6) is 0.713. The molecule has 0 atom stereocenters. The minimum absolute atomic E-state index is 0.0472. The minimum atomic E-state index is 0.0472. The van der Waals surface area contributed by atoms with Crippen LogP contribution in [0.1, 0.15) is 16.7 Å². The van der Waals surface area contributed by atoms with E-state index in [0.29, 0.717) is 41.3 Å². The van der Waals surface area contributed by atoms with Gasteiger partial charge < -0.3 is 26.3 Å². The molecule has 1 aliphatic heterocycles. The van der Waals surface area contributed by atoms with Crippen LogP contribution in [-0.2, 0) is 4.79 Å². The molecule has 1 aromatic carbocycles. The molecule has 29 heavy (non-hydrogen) atoms. The molecule has 0 unspecified atom stereocenters. The summed E-state index contributed by atoms with van der Waals surface area (Å²) < 4.78 is 0. The summed E-state index contributed by atoms with van der Waals surface area (Å²) in [6.45, 7) is 1.61. The Hall–Kier alpha value is -3.68. The molecule has 8 nitrogen and oxygen atoms in total. The third-order valence-electron chi connectivity index (χ3n) is 4.93. The lowest BCUT2D eigenvalue weighted by Gasteiger charge is -2.32. The number of pyridine rings is 1. The fraction of sp³-hybridized carbons (Fsp3) is 0.238. The molecule has 1 aromatic heterocycles. The van der Waals surface area contributed by atoms with Crippen LogP contribution in [0.3, 0.4) is 0 Å². The van der Waals surface area contributed by atoms with Crippen LogP contribution in [0.2, 0.25) is 0 Å². The third kappa shape index (κ3) is 4.26. The van der Waals surface area contributed by atoms with Gasteiger partial charge in [-0.3, -0.25) is 10.2 Å². The van der Waals surface area contributed by atoms with Gasteiger partial charge in [0.25, 0.3) is 0 Å². The van der Waals surface area contributed by atoms with E-state index in [-0.39, 0.29) is 18.2 Å². The van der Waals surface area contributed by atoms with Crippen LogP contribution in [-0.4, -0.2) is 61.4 Å². The van der Waals surface area contributed by atoms with Crippen molar-refractivity contribution in [2.24, 2.45) is 0 Å². The molecule has 1 amide bonds. The Bertz CT molecular complexity index is 983. The largest absolute Gasteiger partial charge is 0.398 e. The molecule has 2 heterocycles. The maximum atomic E-state index is 12.0. The van der Waals surface area contributed by atoms with Crippen LogP contribution < -0.4 is 16.0 Å². The number of hydrogen-bond acceptors (Lipinski definition) is 7. The Morgan fingerprint density at radius 1 is 1.24 bits per heavy atom. The number of carbonyl (C=O) groups excluding carboxylic acids is 1. The summed E-state index contributed by atoms with van der Waals surface area (Å²) in [6.07, 6.45) is 4.62. The smallest absolute Gasteiger partial charge is 0.241 e. The Balaban J connectivity index is 1.92. The molecule has 5 N–H and O–H groups in total. The number of allylic oxidation sites excluding steroid dienone is 1. The second-order valence-corrected chi connectivity index (χ2v) is 6.85. The van der Waals surface area contributed by atoms with Crippen molar-refractivity contribution in [1.82, 2.24) is 15.2 Å². The van der Waals surface area contributed by atoms with E-state index >= 15 is 0 Å². The van der Waals surface area contributed by atoms with Crippen molar-refractivity contribution in [3.63, 3.8) is 0 Å². The highest BCUT2D eigenvalue weighted by Crippen LogP contribution is 2.24. The summed E-state index contributed by atoms with van der Waals surface area (Å²) in [6, 6.07) is 8.96. The number of nitrogens with two attached hydrogens (primary N) is 1. The number of anilines is 2. The van der Waals surface area contributed by atoms with Gasteiger partial charge in [-0.15, -0.1) is 0 Å². The van der Waals surface area contributed by atoms with E-state index in [1.165, 1.54) is 6.21 Å². The molecule has 0 bridgehead atoms. The number of nitrogens with one attached hydrogen (secondary N) is 3. The van der Waals surface area contributed by atoms with Crippen molar-refractivity contribution in [3.8, 4) is 0 Å². The molecule has 1 aliphatic rings. The number of hydrogen-bond donors (Lipinski definition) is 4. The van der Waals surface area contributed by atoms with Gasteiger partial charge in [0.2, 0.25) is 5.91 Å². The Morgan fingerprint density at radius 2 is 2.03 bits per heavy atom. The first-order chi connectivity index (χ1) is 13.9. The lowest BCUT2D eigenvalue weighted by molar-refractivity contribution is -0.129. The zero-order valence-corrected chi connectivity index (χ0v) is 16.6. The number of nitrogen functional groups attached to an aromatic ring is 1. The number of benzene rings is 1. The second kappa shape index (κ2) is 8.55. The zero-order chi connectivity index (χ0) is 21.0. The molecule has 0 aliphatic carbocycles. The monoisotopic (exact) mass is 391 g/mol. The molecule has 8 heteroatoms. The van der Waals surface area contributed by atoms with Crippen molar-refractivity contribution >= 4 is 34.9 Å². The fourth-order valence-corrected chi connectivity index (χ4v) is 3.17. The predicted molar refractivity (Wildman–Crippen MR) is 117 cm³/mol. The molecule has 150 valence electrons. The molecule has 0 radical (unpaired) electrons. The van der Waals surface area contributed by atoms with E-state index < -0.39 is 0 Å². The Morgan fingerprint density at radius 3 is 2.72 bits per heavy atom. The lowest BCUT2D eigenvalue weighted by atomic mass is 9.97. The maximum Gasteiger partial charge on any atom is 0.241 e. The summed E-state index contributed by atoms with van der Waals surface area (Å²) in [5.41, 5.74) is 9.63. The highest BCUT2D eigenvalue weighted by molar-refractivity contribution is 6.15. The number of nitrogens with zero attached hydrogens (tertiary/aromatic N) is 3. The number of amides is 1. The van der Waals surface area contributed by atoms with Crippen molar-refractivity contribution in [2.75, 3.05) is 44.4 Å². The van der Waals surface area contributed by atoms with Crippen molar-refractivity contribution < 1.29 is 4.79 Å². The normalized spacial score (nSPS) is 14.7. The van der Waals surface area contributed by atoms with Gasteiger partial charge in [0.05, 0.1) is 12.3 Å². The van der Waals surface area contributed by atoms with E-state index in [2.05, 4.69) is 10.3 Å². The molecular formula is C21H25N7O. The van der Waals surface area contributed by atoms with Crippen molar-refractivity contribution in [2.45, 2.75) is 0 Å². The highest BCUT2D eigenvalue weighted by atomic mass is 16.2. The summed E-state index contributed by atoms with van der Waals surface area (Å²) in [7, 11) is 3.56. The molecule has 2 aromatic rings. The van der Waals surface area contributed by atoms with E-state index in [4.69, 9.17) is 16.6 Å². The van der Waals surface area contributed by atoms with Gasteiger partial charge in [-0.1, -0.05) is 6.07 Å². The van der Waals surface area contributed by atoms with Crippen LogP contribution in [0.15, 0.2) is 42.7 Å². The van der Waals surface area contributed by atoms with Crippen molar-refractivity contribution in [3.05, 3.63) is 59.4 Å². The topological polar surface area (TPSA) is 122 Å². The van der Waals surface area contributed by atoms with E-state index in [1.807, 2.05) is 23.1 Å². The van der Waals surface area contributed by atoms with Crippen LogP contribution in [0.4, 0.5) is 11.5 Å². The first-order valence-corrected chi connectivity index (χ1v) is 9.26. The van der Waals surface area contributed by atoms with Gasteiger partial charge in [0.15, 0.2) is 0 Å². The Kier molecular flexibility index (Phi) is 5.92. The number of rotatable bonds is 6. The van der Waals surface area contributed by atoms with Gasteiger partial charge in [0, 0.05) is 68.2 Å². The van der Waals surface area contributed by atoms with Gasteiger partial charge in [-0.05, 0) is 29.8 Å². The minimum Gasteiger partial charge on any atom is -0.398 e. The first kappa shape index (κ1) is 20.1. The molecule has 0 spiro atoms. The number of piperazine rings is 1. The van der Waals surface area contributed by atoms with Gasteiger partial charge in [0.1, 0.15) is 5.82 Å².